The molecule has 1 aromatic rings. The molecule has 1 aliphatic carbocycles. The topological polar surface area (TPSA) is 26.0 Å². The molecule has 0 aromatic heterocycles. The van der Waals surface area contributed by atoms with Crippen LogP contribution in [0.5, 0.6) is 0 Å². The Morgan fingerprint density at radius 1 is 1.46 bits per heavy atom. The molecular formula is C11H14FN. The predicted molar refractivity (Wildman–Crippen MR) is 50.8 cm³/mol. The highest BCUT2D eigenvalue weighted by atomic mass is 19.1. The highest BCUT2D eigenvalue weighted by Gasteiger charge is 2.30. The third-order valence-electron chi connectivity index (χ3n) is 2.72. The van der Waals surface area contributed by atoms with Gasteiger partial charge in [0.25, 0.3) is 0 Å². The van der Waals surface area contributed by atoms with E-state index in [0.29, 0.717) is 5.92 Å². The number of hydrogen-bond acceptors (Lipinski definition) is 1. The molecule has 0 unspecified atom stereocenters. The van der Waals surface area contributed by atoms with Gasteiger partial charge in [-0.25, -0.2) is 4.39 Å². The van der Waals surface area contributed by atoms with E-state index in [-0.39, 0.29) is 11.9 Å². The molecule has 0 saturated heterocycles. The van der Waals surface area contributed by atoms with Crippen molar-refractivity contribution in [3.05, 3.63) is 35.1 Å². The van der Waals surface area contributed by atoms with Crippen molar-refractivity contribution < 1.29 is 4.39 Å². The molecule has 1 fully saturated rings. The molecule has 1 saturated carbocycles. The van der Waals surface area contributed by atoms with E-state index in [4.69, 9.17) is 5.73 Å². The van der Waals surface area contributed by atoms with Crippen molar-refractivity contribution in [2.75, 3.05) is 0 Å². The molecule has 0 radical (unpaired) electrons. The molecule has 0 aliphatic heterocycles. The van der Waals surface area contributed by atoms with E-state index in [1.165, 1.54) is 18.9 Å². The van der Waals surface area contributed by atoms with E-state index in [0.717, 1.165) is 11.1 Å². The molecule has 0 amide bonds. The first-order chi connectivity index (χ1) is 6.18. The zero-order chi connectivity index (χ0) is 9.42. The van der Waals surface area contributed by atoms with Crippen molar-refractivity contribution >= 4 is 0 Å². The fraction of sp³-hybridized carbons (Fsp3) is 0.455. The summed E-state index contributed by atoms with van der Waals surface area (Å²) in [6.07, 6.45) is 2.44. The van der Waals surface area contributed by atoms with Crippen LogP contribution in [0.15, 0.2) is 18.2 Å². The summed E-state index contributed by atoms with van der Waals surface area (Å²) in [5.41, 5.74) is 8.10. The first kappa shape index (κ1) is 8.70. The van der Waals surface area contributed by atoms with Gasteiger partial charge in [-0.2, -0.15) is 0 Å². The van der Waals surface area contributed by atoms with Crippen molar-refractivity contribution in [3.63, 3.8) is 0 Å². The lowest BCUT2D eigenvalue weighted by molar-refractivity contribution is 0.609. The zero-order valence-electron chi connectivity index (χ0n) is 7.76. The average molecular weight is 179 g/mol. The summed E-state index contributed by atoms with van der Waals surface area (Å²) in [5.74, 6) is 0.452. The lowest BCUT2D eigenvalue weighted by Crippen LogP contribution is -2.13. The lowest BCUT2D eigenvalue weighted by Gasteiger charge is -2.13. The van der Waals surface area contributed by atoms with E-state index in [1.807, 2.05) is 13.0 Å². The Bertz CT molecular complexity index is 318. The molecule has 2 heteroatoms. The average Bonchev–Trinajstić information content (AvgIpc) is 2.85. The van der Waals surface area contributed by atoms with Gasteiger partial charge in [0.15, 0.2) is 0 Å². The van der Waals surface area contributed by atoms with Crippen LogP contribution in [-0.4, -0.2) is 0 Å². The van der Waals surface area contributed by atoms with Crippen LogP contribution in [0, 0.1) is 18.7 Å². The van der Waals surface area contributed by atoms with E-state index < -0.39 is 0 Å². The van der Waals surface area contributed by atoms with Crippen LogP contribution in [0.1, 0.15) is 30.0 Å². The lowest BCUT2D eigenvalue weighted by atomic mass is 9.98. The SMILES string of the molecule is Cc1cc(F)ccc1[C@H](N)C1CC1. The zero-order valence-corrected chi connectivity index (χ0v) is 7.76. The fourth-order valence-corrected chi connectivity index (χ4v) is 1.72. The smallest absolute Gasteiger partial charge is 0.123 e. The molecule has 70 valence electrons. The molecule has 13 heavy (non-hydrogen) atoms. The number of benzene rings is 1. The maximum absolute atomic E-state index is 12.8. The first-order valence-corrected chi connectivity index (χ1v) is 4.70. The van der Waals surface area contributed by atoms with Crippen molar-refractivity contribution in [2.24, 2.45) is 11.7 Å². The Kier molecular flexibility index (Phi) is 2.08. The summed E-state index contributed by atoms with van der Waals surface area (Å²) in [4.78, 5) is 0. The monoisotopic (exact) mass is 179 g/mol. The Labute approximate surface area is 77.8 Å². The van der Waals surface area contributed by atoms with Gasteiger partial charge < -0.3 is 5.73 Å². The van der Waals surface area contributed by atoms with Gasteiger partial charge in [-0.15, -0.1) is 0 Å². The van der Waals surface area contributed by atoms with Crippen LogP contribution in [0.2, 0.25) is 0 Å². The Hall–Kier alpha value is -0.890. The predicted octanol–water partition coefficient (Wildman–Crippen LogP) is 2.54. The quantitative estimate of drug-likeness (QED) is 0.741. The Balaban J connectivity index is 2.28. The normalized spacial score (nSPS) is 18.7. The van der Waals surface area contributed by atoms with Crippen molar-refractivity contribution in [3.8, 4) is 0 Å². The van der Waals surface area contributed by atoms with Crippen LogP contribution < -0.4 is 5.73 Å². The second kappa shape index (κ2) is 3.11. The maximum atomic E-state index is 12.8. The summed E-state index contributed by atoms with van der Waals surface area (Å²) < 4.78 is 12.8. The molecule has 1 aliphatic rings. The van der Waals surface area contributed by atoms with Crippen LogP contribution in [0.3, 0.4) is 0 Å². The minimum atomic E-state index is -0.177. The molecule has 0 bridgehead atoms. The van der Waals surface area contributed by atoms with Gasteiger partial charge in [0, 0.05) is 6.04 Å². The van der Waals surface area contributed by atoms with E-state index in [1.54, 1.807) is 6.07 Å². The third-order valence-corrected chi connectivity index (χ3v) is 2.72. The summed E-state index contributed by atoms with van der Waals surface area (Å²) in [7, 11) is 0. The summed E-state index contributed by atoms with van der Waals surface area (Å²) in [6, 6.07) is 4.97. The molecule has 1 nitrogen and oxygen atoms in total. The molecule has 2 N–H and O–H groups in total. The van der Waals surface area contributed by atoms with Crippen LogP contribution in [-0.2, 0) is 0 Å². The minimum absolute atomic E-state index is 0.112. The van der Waals surface area contributed by atoms with E-state index in [9.17, 15) is 4.39 Å². The van der Waals surface area contributed by atoms with Gasteiger partial charge in [-0.3, -0.25) is 0 Å². The second-order valence-electron chi connectivity index (χ2n) is 3.86. The van der Waals surface area contributed by atoms with Gasteiger partial charge in [0.2, 0.25) is 0 Å². The molecule has 1 aromatic carbocycles. The maximum Gasteiger partial charge on any atom is 0.123 e. The van der Waals surface area contributed by atoms with Gasteiger partial charge in [0.05, 0.1) is 0 Å². The highest BCUT2D eigenvalue weighted by molar-refractivity contribution is 5.30. The summed E-state index contributed by atoms with van der Waals surface area (Å²) in [5, 5.41) is 0. The number of halogens is 1. The van der Waals surface area contributed by atoms with Crippen molar-refractivity contribution in [1.82, 2.24) is 0 Å². The molecule has 1 atom stereocenters. The van der Waals surface area contributed by atoms with E-state index in [2.05, 4.69) is 0 Å². The fourth-order valence-electron chi connectivity index (χ4n) is 1.72. The van der Waals surface area contributed by atoms with Gasteiger partial charge in [-0.05, 0) is 48.9 Å². The van der Waals surface area contributed by atoms with Gasteiger partial charge in [0.1, 0.15) is 5.82 Å². The summed E-state index contributed by atoms with van der Waals surface area (Å²) >= 11 is 0. The summed E-state index contributed by atoms with van der Waals surface area (Å²) in [6.45, 7) is 1.92. The van der Waals surface area contributed by atoms with E-state index >= 15 is 0 Å². The third kappa shape index (κ3) is 1.73. The molecule has 0 heterocycles. The Morgan fingerprint density at radius 3 is 2.69 bits per heavy atom. The largest absolute Gasteiger partial charge is 0.324 e. The molecule has 2 rings (SSSR count). The minimum Gasteiger partial charge on any atom is -0.324 e. The standard InChI is InChI=1S/C11H14FN/c1-7-6-9(12)4-5-10(7)11(13)8-2-3-8/h4-6,8,11H,2-3,13H2,1H3/t11-/m1/s1. The number of rotatable bonds is 2. The van der Waals surface area contributed by atoms with Crippen LogP contribution in [0.4, 0.5) is 4.39 Å². The molecular weight excluding hydrogens is 165 g/mol. The number of nitrogens with two attached hydrogens (primary N) is 1. The highest BCUT2D eigenvalue weighted by Crippen LogP contribution is 2.40. The second-order valence-corrected chi connectivity index (χ2v) is 3.86. The first-order valence-electron chi connectivity index (χ1n) is 4.70. The number of aryl methyl sites for hydroxylation is 1. The van der Waals surface area contributed by atoms with Gasteiger partial charge >= 0.3 is 0 Å². The Morgan fingerprint density at radius 2 is 2.15 bits per heavy atom. The molecule has 0 spiro atoms. The van der Waals surface area contributed by atoms with Gasteiger partial charge in [-0.1, -0.05) is 6.07 Å². The van der Waals surface area contributed by atoms with Crippen molar-refractivity contribution in [1.29, 1.82) is 0 Å². The van der Waals surface area contributed by atoms with Crippen LogP contribution >= 0.6 is 0 Å². The van der Waals surface area contributed by atoms with Crippen LogP contribution in [0.25, 0.3) is 0 Å². The van der Waals surface area contributed by atoms with Crippen molar-refractivity contribution in [2.45, 2.75) is 25.8 Å². The number of hydrogen-bond donors (Lipinski definition) is 1.